The maximum atomic E-state index is 8.99. The van der Waals surface area contributed by atoms with Gasteiger partial charge in [-0.1, -0.05) is 5.16 Å². The van der Waals surface area contributed by atoms with Gasteiger partial charge in [0.05, 0.1) is 5.56 Å². The number of likely N-dealkylation sites (N-methyl/N-ethyl adjacent to an activating group) is 1. The Morgan fingerprint density at radius 2 is 2.00 bits per heavy atom. The van der Waals surface area contributed by atoms with Gasteiger partial charge in [-0.2, -0.15) is 0 Å². The first kappa shape index (κ1) is 14.6. The van der Waals surface area contributed by atoms with Crippen molar-refractivity contribution in [2.45, 2.75) is 32.9 Å². The molecule has 1 aliphatic rings. The smallest absolute Gasteiger partial charge is 0.174 e. The molecular weight excluding hydrogens is 254 g/mol. The van der Waals surface area contributed by atoms with Crippen LogP contribution in [-0.4, -0.2) is 53.1 Å². The molecule has 0 radical (unpaired) electrons. The average molecular weight is 277 g/mol. The van der Waals surface area contributed by atoms with Crippen molar-refractivity contribution >= 4 is 11.7 Å². The fraction of sp³-hybridized carbons (Fsp3) is 0.571. The van der Waals surface area contributed by atoms with Gasteiger partial charge in [0.1, 0.15) is 5.82 Å². The zero-order valence-corrected chi connectivity index (χ0v) is 12.5. The van der Waals surface area contributed by atoms with Crippen molar-refractivity contribution < 1.29 is 5.21 Å². The second-order valence-electron chi connectivity index (χ2n) is 5.58. The van der Waals surface area contributed by atoms with Gasteiger partial charge in [-0.05, 0) is 39.4 Å². The first-order valence-electron chi connectivity index (χ1n) is 6.86. The maximum absolute atomic E-state index is 8.99. The lowest BCUT2D eigenvalue weighted by molar-refractivity contribution is 0.169. The van der Waals surface area contributed by atoms with E-state index in [0.717, 1.165) is 30.0 Å². The van der Waals surface area contributed by atoms with Crippen LogP contribution in [0.15, 0.2) is 17.4 Å². The molecule has 0 amide bonds. The molecule has 1 saturated heterocycles. The van der Waals surface area contributed by atoms with Crippen molar-refractivity contribution in [1.82, 2.24) is 9.88 Å². The minimum atomic E-state index is 0.116. The fourth-order valence-electron chi connectivity index (χ4n) is 2.73. The van der Waals surface area contributed by atoms with Crippen LogP contribution in [0.4, 0.5) is 5.82 Å². The summed E-state index contributed by atoms with van der Waals surface area (Å²) in [5.74, 6) is 0.914. The van der Waals surface area contributed by atoms with Crippen molar-refractivity contribution in [3.05, 3.63) is 23.4 Å². The summed E-state index contributed by atoms with van der Waals surface area (Å²) in [6, 6.07) is 2.74. The van der Waals surface area contributed by atoms with Crippen LogP contribution < -0.4 is 10.6 Å². The van der Waals surface area contributed by atoms with Gasteiger partial charge in [0, 0.05) is 31.4 Å². The molecule has 0 bridgehead atoms. The summed E-state index contributed by atoms with van der Waals surface area (Å²) in [5.41, 5.74) is 7.51. The fourth-order valence-corrected chi connectivity index (χ4v) is 2.73. The minimum Gasteiger partial charge on any atom is -0.409 e. The third-order valence-electron chi connectivity index (χ3n) is 4.16. The number of nitrogens with zero attached hydrogens (tertiary/aromatic N) is 4. The highest BCUT2D eigenvalue weighted by Crippen LogP contribution is 2.25. The number of anilines is 1. The second-order valence-corrected chi connectivity index (χ2v) is 5.58. The lowest BCUT2D eigenvalue weighted by Crippen LogP contribution is -2.55. The topological polar surface area (TPSA) is 78.0 Å². The summed E-state index contributed by atoms with van der Waals surface area (Å²) in [6.07, 6.45) is 1.77. The van der Waals surface area contributed by atoms with Crippen molar-refractivity contribution in [3.8, 4) is 0 Å². The standard InChI is InChI=1S/C14H23N5O/c1-9-5-6-16-14(12(9)13(15)17-20)19-7-10(2)18(4)11(3)8-19/h5-6,10-11,20H,7-8H2,1-4H3,(H2,15,17). The molecule has 3 N–H and O–H groups in total. The lowest BCUT2D eigenvalue weighted by atomic mass is 10.1. The number of hydrogen-bond acceptors (Lipinski definition) is 5. The molecule has 1 aromatic rings. The van der Waals surface area contributed by atoms with E-state index in [-0.39, 0.29) is 5.84 Å². The summed E-state index contributed by atoms with van der Waals surface area (Å²) in [6.45, 7) is 8.09. The molecule has 0 spiro atoms. The van der Waals surface area contributed by atoms with Crippen LogP contribution in [0.5, 0.6) is 0 Å². The molecule has 0 aromatic carbocycles. The number of pyridine rings is 1. The van der Waals surface area contributed by atoms with Crippen molar-refractivity contribution in [2.75, 3.05) is 25.0 Å². The van der Waals surface area contributed by atoms with Gasteiger partial charge < -0.3 is 15.8 Å². The van der Waals surface area contributed by atoms with E-state index in [1.807, 2.05) is 13.0 Å². The largest absolute Gasteiger partial charge is 0.409 e. The Bertz CT molecular complexity index is 504. The van der Waals surface area contributed by atoms with E-state index < -0.39 is 0 Å². The zero-order chi connectivity index (χ0) is 14.9. The zero-order valence-electron chi connectivity index (χ0n) is 12.5. The molecule has 1 fully saturated rings. The molecule has 0 aliphatic carbocycles. The Kier molecular flexibility index (Phi) is 4.13. The Morgan fingerprint density at radius 1 is 1.40 bits per heavy atom. The van der Waals surface area contributed by atoms with E-state index in [4.69, 9.17) is 10.9 Å². The highest BCUT2D eigenvalue weighted by Gasteiger charge is 2.29. The summed E-state index contributed by atoms with van der Waals surface area (Å²) >= 11 is 0. The Morgan fingerprint density at radius 3 is 2.55 bits per heavy atom. The number of oxime groups is 1. The van der Waals surface area contributed by atoms with Crippen LogP contribution in [0.25, 0.3) is 0 Å². The number of aromatic nitrogens is 1. The summed E-state index contributed by atoms with van der Waals surface area (Å²) in [4.78, 5) is 9.04. The molecule has 6 heteroatoms. The monoisotopic (exact) mass is 277 g/mol. The van der Waals surface area contributed by atoms with Gasteiger partial charge in [0.2, 0.25) is 0 Å². The summed E-state index contributed by atoms with van der Waals surface area (Å²) in [5, 5.41) is 12.1. The summed E-state index contributed by atoms with van der Waals surface area (Å²) in [7, 11) is 2.14. The molecule has 20 heavy (non-hydrogen) atoms. The van der Waals surface area contributed by atoms with Crippen molar-refractivity contribution in [3.63, 3.8) is 0 Å². The van der Waals surface area contributed by atoms with E-state index in [2.05, 4.69) is 40.8 Å². The van der Waals surface area contributed by atoms with Gasteiger partial charge in [-0.3, -0.25) is 4.90 Å². The van der Waals surface area contributed by atoms with Gasteiger partial charge in [-0.25, -0.2) is 4.98 Å². The van der Waals surface area contributed by atoms with Crippen LogP contribution in [0.1, 0.15) is 25.0 Å². The van der Waals surface area contributed by atoms with Gasteiger partial charge in [0.25, 0.3) is 0 Å². The summed E-state index contributed by atoms with van der Waals surface area (Å²) < 4.78 is 0. The molecule has 1 aliphatic heterocycles. The number of rotatable bonds is 2. The SMILES string of the molecule is Cc1ccnc(N2CC(C)N(C)C(C)C2)c1/C(N)=N/O. The first-order valence-corrected chi connectivity index (χ1v) is 6.86. The van der Waals surface area contributed by atoms with Crippen molar-refractivity contribution in [1.29, 1.82) is 0 Å². The normalized spacial score (nSPS) is 25.0. The van der Waals surface area contributed by atoms with Crippen LogP contribution in [0.3, 0.4) is 0 Å². The maximum Gasteiger partial charge on any atom is 0.174 e. The van der Waals surface area contributed by atoms with Crippen LogP contribution in [0.2, 0.25) is 0 Å². The van der Waals surface area contributed by atoms with E-state index in [1.54, 1.807) is 6.20 Å². The van der Waals surface area contributed by atoms with Crippen molar-refractivity contribution in [2.24, 2.45) is 10.9 Å². The highest BCUT2D eigenvalue weighted by atomic mass is 16.4. The Labute approximate surface area is 119 Å². The third-order valence-corrected chi connectivity index (χ3v) is 4.16. The Balaban J connectivity index is 2.41. The highest BCUT2D eigenvalue weighted by molar-refractivity contribution is 6.02. The molecule has 2 unspecified atom stereocenters. The van der Waals surface area contributed by atoms with E-state index >= 15 is 0 Å². The Hall–Kier alpha value is -1.82. The predicted molar refractivity (Wildman–Crippen MR) is 80.4 cm³/mol. The van der Waals surface area contributed by atoms with Crippen LogP contribution in [0, 0.1) is 6.92 Å². The third kappa shape index (κ3) is 2.56. The molecule has 2 heterocycles. The molecule has 2 rings (SSSR count). The average Bonchev–Trinajstić information content (AvgIpc) is 2.43. The second kappa shape index (κ2) is 5.66. The lowest BCUT2D eigenvalue weighted by Gasteiger charge is -2.43. The molecular formula is C14H23N5O. The van der Waals surface area contributed by atoms with E-state index in [9.17, 15) is 0 Å². The molecule has 6 nitrogen and oxygen atoms in total. The number of nitrogens with two attached hydrogens (primary N) is 1. The van der Waals surface area contributed by atoms with Crippen LogP contribution in [-0.2, 0) is 0 Å². The van der Waals surface area contributed by atoms with E-state index in [1.165, 1.54) is 0 Å². The molecule has 2 atom stereocenters. The molecule has 110 valence electrons. The number of amidine groups is 1. The minimum absolute atomic E-state index is 0.116. The quantitative estimate of drug-likeness (QED) is 0.365. The van der Waals surface area contributed by atoms with Gasteiger partial charge in [0.15, 0.2) is 5.84 Å². The number of aryl methyl sites for hydroxylation is 1. The van der Waals surface area contributed by atoms with Crippen LogP contribution >= 0.6 is 0 Å². The predicted octanol–water partition coefficient (Wildman–Crippen LogP) is 1.01. The molecule has 0 saturated carbocycles. The van der Waals surface area contributed by atoms with Gasteiger partial charge in [-0.15, -0.1) is 0 Å². The first-order chi connectivity index (χ1) is 9.45. The molecule has 1 aromatic heterocycles. The number of hydrogen-bond donors (Lipinski definition) is 2. The van der Waals surface area contributed by atoms with Gasteiger partial charge >= 0.3 is 0 Å². The number of piperazine rings is 1. The van der Waals surface area contributed by atoms with E-state index in [0.29, 0.717) is 12.1 Å².